The number of carboxylic acid groups (broad SMARTS) is 1. The average Bonchev–Trinajstić information content (AvgIpc) is 3.52. The van der Waals surface area contributed by atoms with E-state index in [4.69, 9.17) is 9.84 Å². The Labute approximate surface area is 355 Å². The van der Waals surface area contributed by atoms with Gasteiger partial charge in [0.05, 0.1) is 32.3 Å². The number of carbonyl (C=O) groups is 2. The number of carbonyl (C=O) groups excluding carboxylic acids is 1. The van der Waals surface area contributed by atoms with Gasteiger partial charge in [-0.1, -0.05) is 56.3 Å². The zero-order chi connectivity index (χ0) is 43.7. The summed E-state index contributed by atoms with van der Waals surface area (Å²) in [4.78, 5) is 25.7. The zero-order valence-corrected chi connectivity index (χ0v) is 36.9. The molecule has 0 bridgehead atoms. The molecule has 326 valence electrons. The minimum Gasteiger partial charge on any atom is -0.748 e. The average molecular weight is 864 g/mol. The number of unbranched alkanes of at least 4 members (excludes halogenated alkanes) is 2. The van der Waals surface area contributed by atoms with E-state index in [0.29, 0.717) is 45.4 Å². The largest absolute Gasteiger partial charge is 0.748 e. The molecule has 1 N–H and O–H groups in total. The number of allylic oxidation sites excluding steroid dienone is 7. The molecule has 0 unspecified atom stereocenters. The van der Waals surface area contributed by atoms with Crippen LogP contribution in [0.2, 0.25) is 0 Å². The summed E-state index contributed by atoms with van der Waals surface area (Å²) in [6, 6.07) is 16.3. The Kier molecular flexibility index (Phi) is 15.6. The molecule has 60 heavy (non-hydrogen) atoms. The highest BCUT2D eigenvalue weighted by molar-refractivity contribution is 7.85. The van der Waals surface area contributed by atoms with E-state index in [9.17, 15) is 35.5 Å². The lowest BCUT2D eigenvalue weighted by Gasteiger charge is -2.28. The molecule has 0 atom stereocenters. The highest BCUT2D eigenvalue weighted by atomic mass is 32.2. The number of ketones is 1. The number of ether oxygens (including phenoxy) is 1. The van der Waals surface area contributed by atoms with Crippen LogP contribution in [-0.4, -0.2) is 84.3 Å². The van der Waals surface area contributed by atoms with Crippen LogP contribution < -0.4 is 4.90 Å². The zero-order valence-electron chi connectivity index (χ0n) is 35.3. The molecule has 12 nitrogen and oxygen atoms in total. The SMILES string of the molecule is CC1(C)C(/C=C/C2=C(OCCCC(=O)CCCC(=O)O)C(=C/C=C3/N(CCCCS(=O)(=O)[O-])c4ccccc4C3(C)C)/CCC2)=[N+](CCCCS(=O)(=O)[O-])c2ccccc21. The fourth-order valence-corrected chi connectivity index (χ4v) is 9.75. The summed E-state index contributed by atoms with van der Waals surface area (Å²) < 4.78 is 76.9. The second-order valence-corrected chi connectivity index (χ2v) is 20.0. The first kappa shape index (κ1) is 46.7. The molecule has 0 saturated carbocycles. The van der Waals surface area contributed by atoms with E-state index in [-0.39, 0.29) is 48.7 Å². The van der Waals surface area contributed by atoms with E-state index < -0.39 is 37.7 Å². The van der Waals surface area contributed by atoms with Gasteiger partial charge in [0, 0.05) is 78.2 Å². The second-order valence-electron chi connectivity index (χ2n) is 16.9. The predicted octanol–water partition coefficient (Wildman–Crippen LogP) is 7.94. The van der Waals surface area contributed by atoms with E-state index in [1.165, 1.54) is 0 Å². The van der Waals surface area contributed by atoms with Gasteiger partial charge in [0.2, 0.25) is 5.69 Å². The lowest BCUT2D eigenvalue weighted by molar-refractivity contribution is -0.438. The Balaban J connectivity index is 1.50. The molecular formula is C46H59N2O10S2-. The molecule has 0 fully saturated rings. The topological polar surface area (TPSA) is 184 Å². The maximum Gasteiger partial charge on any atom is 0.303 e. The van der Waals surface area contributed by atoms with Crippen LogP contribution in [0.25, 0.3) is 0 Å². The van der Waals surface area contributed by atoms with Crippen molar-refractivity contribution in [3.63, 3.8) is 0 Å². The number of fused-ring (bicyclic) bond motifs is 2. The maximum atomic E-state index is 12.6. The number of para-hydroxylation sites is 2. The molecule has 2 aliphatic heterocycles. The summed E-state index contributed by atoms with van der Waals surface area (Å²) in [6.45, 7) is 10.0. The number of anilines is 1. The smallest absolute Gasteiger partial charge is 0.303 e. The van der Waals surface area contributed by atoms with Crippen molar-refractivity contribution < 1.29 is 49.9 Å². The first-order chi connectivity index (χ1) is 28.3. The van der Waals surface area contributed by atoms with E-state index in [1.807, 2.05) is 24.3 Å². The van der Waals surface area contributed by atoms with Gasteiger partial charge < -0.3 is 23.8 Å². The summed E-state index contributed by atoms with van der Waals surface area (Å²) >= 11 is 0. The van der Waals surface area contributed by atoms with Gasteiger partial charge in [-0.15, -0.1) is 0 Å². The monoisotopic (exact) mass is 863 g/mol. The molecule has 2 heterocycles. The summed E-state index contributed by atoms with van der Waals surface area (Å²) in [5, 5.41) is 8.97. The number of nitrogens with zero attached hydrogens (tertiary/aromatic N) is 2. The number of benzene rings is 2. The summed E-state index contributed by atoms with van der Waals surface area (Å²) in [6.07, 6.45) is 13.6. The molecular weight excluding hydrogens is 805 g/mol. The highest BCUT2D eigenvalue weighted by Crippen LogP contribution is 2.48. The van der Waals surface area contributed by atoms with Crippen molar-refractivity contribution in [1.82, 2.24) is 0 Å². The van der Waals surface area contributed by atoms with Crippen molar-refractivity contribution in [2.75, 3.05) is 36.1 Å². The Hall–Kier alpha value is -4.37. The Morgan fingerprint density at radius 3 is 2.13 bits per heavy atom. The van der Waals surface area contributed by atoms with Gasteiger partial charge in [0.1, 0.15) is 18.1 Å². The van der Waals surface area contributed by atoms with Gasteiger partial charge in [-0.25, -0.2) is 16.8 Å². The number of hydrogen-bond donors (Lipinski definition) is 1. The lowest BCUT2D eigenvalue weighted by atomic mass is 9.81. The molecule has 0 radical (unpaired) electrons. The highest BCUT2D eigenvalue weighted by Gasteiger charge is 2.44. The minimum atomic E-state index is -4.31. The van der Waals surface area contributed by atoms with Crippen LogP contribution in [0.5, 0.6) is 0 Å². The lowest BCUT2D eigenvalue weighted by Crippen LogP contribution is -2.28. The maximum absolute atomic E-state index is 12.6. The van der Waals surface area contributed by atoms with Crippen molar-refractivity contribution in [2.24, 2.45) is 0 Å². The Morgan fingerprint density at radius 2 is 1.43 bits per heavy atom. The standard InChI is InChI=1S/C46H60N2O10S2/c1-45(2)37-20-5-7-22-39(37)47(29-9-11-32-59(52,53)54)41(45)27-25-34-16-13-17-35(44(34)58-31-15-19-36(49)18-14-24-43(50)51)26-28-42-46(3,4)38-21-6-8-23-40(38)48(42)30-10-12-33-60(55,56)57/h5-8,20-23,25-28H,9-19,24,29-33H2,1-4H3,(H2-,50,51,52,53,54,55,56,57)/p-1. The third-order valence-electron chi connectivity index (χ3n) is 11.7. The Bertz CT molecular complexity index is 2300. The molecule has 0 aromatic heterocycles. The van der Waals surface area contributed by atoms with Crippen molar-refractivity contribution in [3.05, 3.63) is 107 Å². The fourth-order valence-electron chi connectivity index (χ4n) is 8.63. The van der Waals surface area contributed by atoms with Crippen LogP contribution >= 0.6 is 0 Å². The Morgan fingerprint density at radius 1 is 0.783 bits per heavy atom. The van der Waals surface area contributed by atoms with Crippen molar-refractivity contribution in [3.8, 4) is 0 Å². The molecule has 0 saturated heterocycles. The van der Waals surface area contributed by atoms with Gasteiger partial charge in [-0.05, 0) is 100 Å². The normalized spacial score (nSPS) is 18.8. The quantitative estimate of drug-likeness (QED) is 0.0689. The third-order valence-corrected chi connectivity index (χ3v) is 13.3. The summed E-state index contributed by atoms with van der Waals surface area (Å²) in [5.41, 5.74) is 7.71. The predicted molar refractivity (Wildman–Crippen MR) is 232 cm³/mol. The number of rotatable bonds is 22. The molecule has 14 heteroatoms. The van der Waals surface area contributed by atoms with Gasteiger partial charge in [-0.2, -0.15) is 4.58 Å². The molecule has 1 aliphatic carbocycles. The summed E-state index contributed by atoms with van der Waals surface area (Å²) in [7, 11) is -8.62. The van der Waals surface area contributed by atoms with Gasteiger partial charge >= 0.3 is 5.97 Å². The van der Waals surface area contributed by atoms with Crippen LogP contribution in [-0.2, 0) is 45.4 Å². The first-order valence-electron chi connectivity index (χ1n) is 21.0. The van der Waals surface area contributed by atoms with Gasteiger partial charge in [0.15, 0.2) is 5.71 Å². The van der Waals surface area contributed by atoms with E-state index in [1.54, 1.807) is 0 Å². The first-order valence-corrected chi connectivity index (χ1v) is 24.1. The van der Waals surface area contributed by atoms with E-state index >= 15 is 0 Å². The summed E-state index contributed by atoms with van der Waals surface area (Å²) in [5.74, 6) is -0.989. The molecule has 0 spiro atoms. The number of Topliss-reactive ketones (excluding diaryl/α,β-unsaturated/α-hetero) is 1. The molecule has 0 amide bonds. The van der Waals surface area contributed by atoms with Crippen LogP contribution in [0.1, 0.15) is 116 Å². The van der Waals surface area contributed by atoms with E-state index in [0.717, 1.165) is 70.1 Å². The second kappa shape index (κ2) is 20.0. The fraction of sp³-hybridized carbons (Fsp3) is 0.500. The number of aliphatic carboxylic acids is 1. The van der Waals surface area contributed by atoms with Crippen molar-refractivity contribution in [1.29, 1.82) is 0 Å². The van der Waals surface area contributed by atoms with Crippen molar-refractivity contribution >= 4 is 49.1 Å². The number of hydrogen-bond acceptors (Lipinski definition) is 10. The molecule has 2 aromatic rings. The van der Waals surface area contributed by atoms with Gasteiger partial charge in [0.25, 0.3) is 0 Å². The third kappa shape index (κ3) is 12.1. The van der Waals surface area contributed by atoms with Crippen LogP contribution in [0.4, 0.5) is 11.4 Å². The minimum absolute atomic E-state index is 0.00133. The number of carboxylic acids is 1. The van der Waals surface area contributed by atoms with Gasteiger partial charge in [-0.3, -0.25) is 9.59 Å². The molecule has 2 aromatic carbocycles. The van der Waals surface area contributed by atoms with Crippen molar-refractivity contribution in [2.45, 2.75) is 116 Å². The van der Waals surface area contributed by atoms with Crippen LogP contribution in [0.3, 0.4) is 0 Å². The molecule has 5 rings (SSSR count). The molecule has 3 aliphatic rings. The van der Waals surface area contributed by atoms with Crippen LogP contribution in [0.15, 0.2) is 95.4 Å². The van der Waals surface area contributed by atoms with E-state index in [2.05, 4.69) is 85.7 Å². The van der Waals surface area contributed by atoms with Crippen LogP contribution in [0, 0.1) is 0 Å².